The number of benzene rings is 3. The highest BCUT2D eigenvalue weighted by Crippen LogP contribution is 2.31. The first-order valence-electron chi connectivity index (χ1n) is 14.6. The predicted molar refractivity (Wildman–Crippen MR) is 171 cm³/mol. The Balaban J connectivity index is 1.31. The summed E-state index contributed by atoms with van der Waals surface area (Å²) in [5, 5.41) is 9.11. The van der Waals surface area contributed by atoms with E-state index in [1.54, 1.807) is 24.3 Å². The first kappa shape index (κ1) is 29.9. The Kier molecular flexibility index (Phi) is 8.59. The van der Waals surface area contributed by atoms with Gasteiger partial charge in [-0.05, 0) is 78.4 Å². The van der Waals surface area contributed by atoms with Gasteiger partial charge in [0.15, 0.2) is 5.84 Å². The standard InChI is InChI=1S/C35H38N4O4/c1-21-19-30(28-7-6-8-29(22(28)2)39-33(41)23-9-11-25(12-10-23)35(3,4)5)38-32(31(21)40)36-26-13-15-27(16-14-26)37-34(42)24-17-18-43-20-24/h6-16,19,21,24H,17-18,20H2,1-5H3,(H,36,38)(H,37,42)(H,39,41). The van der Waals surface area contributed by atoms with E-state index in [4.69, 9.17) is 9.73 Å². The Morgan fingerprint density at radius 2 is 1.63 bits per heavy atom. The molecule has 2 heterocycles. The van der Waals surface area contributed by atoms with Crippen LogP contribution in [0, 0.1) is 18.8 Å². The number of aliphatic imine (C=N–C) groups is 1. The lowest BCUT2D eigenvalue weighted by molar-refractivity contribution is -0.119. The SMILES string of the molecule is Cc1c(NC(=O)c2ccc(C(C)(C)C)cc2)cccc1C1=CC(C)C(=O)C(Nc2ccc(NC(=O)C3CCOC3)cc2)=N1. The molecule has 2 aliphatic heterocycles. The predicted octanol–water partition coefficient (Wildman–Crippen LogP) is 6.59. The number of anilines is 3. The molecule has 5 rings (SSSR count). The molecule has 3 aromatic carbocycles. The molecule has 0 aliphatic carbocycles. The van der Waals surface area contributed by atoms with E-state index in [0.29, 0.717) is 41.5 Å². The molecule has 2 amide bonds. The van der Waals surface area contributed by atoms with Crippen molar-refractivity contribution < 1.29 is 19.1 Å². The van der Waals surface area contributed by atoms with Crippen molar-refractivity contribution in [2.24, 2.45) is 16.8 Å². The van der Waals surface area contributed by atoms with E-state index in [-0.39, 0.29) is 40.7 Å². The maximum atomic E-state index is 13.1. The lowest BCUT2D eigenvalue weighted by Gasteiger charge is -2.20. The van der Waals surface area contributed by atoms with Gasteiger partial charge >= 0.3 is 0 Å². The van der Waals surface area contributed by atoms with Crippen molar-refractivity contribution in [1.82, 2.24) is 0 Å². The van der Waals surface area contributed by atoms with Crippen LogP contribution in [0.15, 0.2) is 77.8 Å². The molecule has 43 heavy (non-hydrogen) atoms. The van der Waals surface area contributed by atoms with Gasteiger partial charge in [0.2, 0.25) is 11.7 Å². The van der Waals surface area contributed by atoms with E-state index in [2.05, 4.69) is 36.7 Å². The largest absolute Gasteiger partial charge is 0.381 e. The van der Waals surface area contributed by atoms with E-state index in [9.17, 15) is 14.4 Å². The van der Waals surface area contributed by atoms with Crippen LogP contribution < -0.4 is 16.0 Å². The number of Topliss-reactive ketones (excluding diaryl/α,β-unsaturated/α-hetero) is 1. The van der Waals surface area contributed by atoms with Gasteiger partial charge in [-0.3, -0.25) is 14.4 Å². The van der Waals surface area contributed by atoms with Gasteiger partial charge in [0.1, 0.15) is 0 Å². The molecule has 0 bridgehead atoms. The van der Waals surface area contributed by atoms with Gasteiger partial charge in [-0.2, -0.15) is 0 Å². The number of hydrogen-bond acceptors (Lipinski definition) is 6. The molecule has 0 spiro atoms. The Bertz CT molecular complexity index is 1590. The van der Waals surface area contributed by atoms with E-state index >= 15 is 0 Å². The molecule has 0 saturated carbocycles. The summed E-state index contributed by atoms with van der Waals surface area (Å²) in [6.07, 6.45) is 2.57. The molecule has 1 saturated heterocycles. The third-order valence-electron chi connectivity index (χ3n) is 7.87. The highest BCUT2D eigenvalue weighted by molar-refractivity contribution is 6.45. The first-order valence-corrected chi connectivity index (χ1v) is 14.6. The van der Waals surface area contributed by atoms with Crippen LogP contribution in [0.2, 0.25) is 0 Å². The maximum Gasteiger partial charge on any atom is 0.255 e. The summed E-state index contributed by atoms with van der Waals surface area (Å²) in [5.74, 6) is -0.652. The molecule has 3 aromatic rings. The third-order valence-corrected chi connectivity index (χ3v) is 7.87. The smallest absolute Gasteiger partial charge is 0.255 e. The van der Waals surface area contributed by atoms with Gasteiger partial charge < -0.3 is 20.7 Å². The van der Waals surface area contributed by atoms with Crippen molar-refractivity contribution in [3.63, 3.8) is 0 Å². The zero-order valence-corrected chi connectivity index (χ0v) is 25.3. The summed E-state index contributed by atoms with van der Waals surface area (Å²) in [6.45, 7) is 11.2. The Morgan fingerprint density at radius 3 is 2.28 bits per heavy atom. The van der Waals surface area contributed by atoms with E-state index in [0.717, 1.165) is 23.1 Å². The molecule has 0 aromatic heterocycles. The summed E-state index contributed by atoms with van der Waals surface area (Å²) in [7, 11) is 0. The number of carbonyl (C=O) groups is 3. The number of ether oxygens (including phenoxy) is 1. The molecule has 2 aliphatic rings. The lowest BCUT2D eigenvalue weighted by Crippen LogP contribution is -2.30. The van der Waals surface area contributed by atoms with Crippen LogP contribution in [0.5, 0.6) is 0 Å². The number of ketones is 1. The number of nitrogens with zero attached hydrogens (tertiary/aromatic N) is 1. The van der Waals surface area contributed by atoms with Gasteiger partial charge in [-0.1, -0.05) is 52.0 Å². The van der Waals surface area contributed by atoms with Crippen LogP contribution in [0.4, 0.5) is 17.1 Å². The Labute approximate surface area is 252 Å². The Morgan fingerprint density at radius 1 is 0.930 bits per heavy atom. The van der Waals surface area contributed by atoms with Crippen molar-refractivity contribution in [2.75, 3.05) is 29.2 Å². The average Bonchev–Trinajstić information content (AvgIpc) is 3.53. The number of carbonyl (C=O) groups excluding carboxylic acids is 3. The summed E-state index contributed by atoms with van der Waals surface area (Å²) in [5.41, 5.74) is 6.11. The highest BCUT2D eigenvalue weighted by Gasteiger charge is 2.26. The highest BCUT2D eigenvalue weighted by atomic mass is 16.5. The molecule has 3 N–H and O–H groups in total. The Hall–Kier alpha value is -4.56. The van der Waals surface area contributed by atoms with Crippen molar-refractivity contribution >= 4 is 46.2 Å². The quantitative estimate of drug-likeness (QED) is 0.306. The van der Waals surface area contributed by atoms with Crippen LogP contribution in [0.25, 0.3) is 5.70 Å². The number of amides is 2. The zero-order chi connectivity index (χ0) is 30.7. The van der Waals surface area contributed by atoms with Crippen molar-refractivity contribution in [2.45, 2.75) is 46.5 Å². The second-order valence-electron chi connectivity index (χ2n) is 12.2. The van der Waals surface area contributed by atoms with Crippen LogP contribution >= 0.6 is 0 Å². The maximum absolute atomic E-state index is 13.1. The topological polar surface area (TPSA) is 109 Å². The van der Waals surface area contributed by atoms with E-state index in [1.807, 2.05) is 62.4 Å². The van der Waals surface area contributed by atoms with Crippen molar-refractivity contribution in [1.29, 1.82) is 0 Å². The summed E-state index contributed by atoms with van der Waals surface area (Å²) >= 11 is 0. The summed E-state index contributed by atoms with van der Waals surface area (Å²) < 4.78 is 5.30. The monoisotopic (exact) mass is 578 g/mol. The summed E-state index contributed by atoms with van der Waals surface area (Å²) in [4.78, 5) is 43.2. The molecular weight excluding hydrogens is 540 g/mol. The third kappa shape index (κ3) is 6.92. The van der Waals surface area contributed by atoms with Crippen molar-refractivity contribution in [3.8, 4) is 0 Å². The van der Waals surface area contributed by atoms with Crippen LogP contribution in [-0.4, -0.2) is 36.6 Å². The number of hydrogen-bond donors (Lipinski definition) is 3. The van der Waals surface area contributed by atoms with Crippen LogP contribution in [0.1, 0.15) is 61.2 Å². The van der Waals surface area contributed by atoms with Gasteiger partial charge in [0, 0.05) is 40.7 Å². The van der Waals surface area contributed by atoms with Crippen LogP contribution in [-0.2, 0) is 19.7 Å². The molecule has 2 unspecified atom stereocenters. The minimum Gasteiger partial charge on any atom is -0.381 e. The molecule has 0 radical (unpaired) electrons. The number of rotatable bonds is 6. The average molecular weight is 579 g/mol. The number of allylic oxidation sites excluding steroid dienone is 1. The second-order valence-corrected chi connectivity index (χ2v) is 12.2. The van der Waals surface area contributed by atoms with E-state index in [1.165, 1.54) is 0 Å². The fraction of sp³-hybridized carbons (Fsp3) is 0.314. The lowest BCUT2D eigenvalue weighted by atomic mass is 9.86. The normalized spacial score (nSPS) is 18.5. The fourth-order valence-corrected chi connectivity index (χ4v) is 5.10. The van der Waals surface area contributed by atoms with Gasteiger partial charge in [0.25, 0.3) is 5.91 Å². The number of amidine groups is 1. The molecular formula is C35H38N4O4. The summed E-state index contributed by atoms with van der Waals surface area (Å²) in [6, 6.07) is 20.5. The molecule has 8 nitrogen and oxygen atoms in total. The van der Waals surface area contributed by atoms with Crippen molar-refractivity contribution in [3.05, 3.63) is 95.1 Å². The van der Waals surface area contributed by atoms with E-state index < -0.39 is 0 Å². The first-order chi connectivity index (χ1) is 20.5. The van der Waals surface area contributed by atoms with Gasteiger partial charge in [-0.25, -0.2) is 4.99 Å². The molecule has 2 atom stereocenters. The molecule has 222 valence electrons. The minimum atomic E-state index is -0.388. The minimum absolute atomic E-state index is 0.00621. The second kappa shape index (κ2) is 12.4. The van der Waals surface area contributed by atoms with Crippen LogP contribution in [0.3, 0.4) is 0 Å². The molecule has 1 fully saturated rings. The van der Waals surface area contributed by atoms with Gasteiger partial charge in [0.05, 0.1) is 18.2 Å². The zero-order valence-electron chi connectivity index (χ0n) is 25.3. The molecule has 8 heteroatoms. The number of nitrogens with one attached hydrogen (secondary N) is 3. The van der Waals surface area contributed by atoms with Gasteiger partial charge in [-0.15, -0.1) is 0 Å². The fourth-order valence-electron chi connectivity index (χ4n) is 5.10.